The molecule has 0 saturated carbocycles. The van der Waals surface area contributed by atoms with Crippen molar-refractivity contribution in [1.82, 2.24) is 5.32 Å². The highest BCUT2D eigenvalue weighted by molar-refractivity contribution is 6.30. The van der Waals surface area contributed by atoms with E-state index in [0.29, 0.717) is 18.1 Å². The summed E-state index contributed by atoms with van der Waals surface area (Å²) >= 11 is 5.77. The maximum absolute atomic E-state index is 13.6. The Kier molecular flexibility index (Phi) is 3.68. The minimum Gasteiger partial charge on any atom is -0.365 e. The summed E-state index contributed by atoms with van der Waals surface area (Å²) in [7, 11) is 0. The van der Waals surface area contributed by atoms with Crippen molar-refractivity contribution in [3.05, 3.63) is 29.0 Å². The molecule has 2 aliphatic heterocycles. The van der Waals surface area contributed by atoms with Crippen molar-refractivity contribution in [2.24, 2.45) is 0 Å². The van der Waals surface area contributed by atoms with Gasteiger partial charge in [0, 0.05) is 23.8 Å². The van der Waals surface area contributed by atoms with Crippen LogP contribution in [0.25, 0.3) is 0 Å². The Hall–Kier alpha value is -0.800. The first kappa shape index (κ1) is 13.2. The Balaban J connectivity index is 1.81. The summed E-state index contributed by atoms with van der Waals surface area (Å²) in [5, 5.41) is 3.76. The number of piperidine rings is 1. The van der Waals surface area contributed by atoms with Crippen molar-refractivity contribution in [1.29, 1.82) is 0 Å². The Labute approximate surface area is 118 Å². The molecular formula is C15H20ClFN2. The van der Waals surface area contributed by atoms with E-state index in [1.54, 1.807) is 12.1 Å². The zero-order chi connectivity index (χ0) is 13.4. The molecule has 0 aliphatic carbocycles. The number of rotatable bonds is 3. The lowest BCUT2D eigenvalue weighted by Gasteiger charge is -2.41. The molecule has 0 amide bonds. The number of anilines is 1. The molecule has 2 atom stereocenters. The van der Waals surface area contributed by atoms with E-state index in [2.05, 4.69) is 17.1 Å². The van der Waals surface area contributed by atoms with Crippen molar-refractivity contribution in [3.8, 4) is 0 Å². The molecule has 19 heavy (non-hydrogen) atoms. The molecule has 2 heterocycles. The highest BCUT2D eigenvalue weighted by Crippen LogP contribution is 2.39. The zero-order valence-corrected chi connectivity index (χ0v) is 12.0. The molecular weight excluding hydrogens is 263 g/mol. The van der Waals surface area contributed by atoms with Gasteiger partial charge >= 0.3 is 0 Å². The van der Waals surface area contributed by atoms with Gasteiger partial charge in [0.2, 0.25) is 0 Å². The van der Waals surface area contributed by atoms with Gasteiger partial charge in [-0.3, -0.25) is 0 Å². The van der Waals surface area contributed by atoms with E-state index in [1.165, 1.54) is 12.8 Å². The van der Waals surface area contributed by atoms with E-state index in [1.807, 2.05) is 6.07 Å². The second-order valence-corrected chi connectivity index (χ2v) is 6.02. The fourth-order valence-electron chi connectivity index (χ4n) is 3.70. The molecule has 2 aliphatic rings. The monoisotopic (exact) mass is 282 g/mol. The van der Waals surface area contributed by atoms with E-state index in [9.17, 15) is 4.39 Å². The highest BCUT2D eigenvalue weighted by atomic mass is 35.5. The molecule has 1 N–H and O–H groups in total. The number of nitrogens with zero attached hydrogens (tertiary/aromatic N) is 1. The molecule has 3 rings (SSSR count). The average molecular weight is 283 g/mol. The van der Waals surface area contributed by atoms with Crippen LogP contribution in [0.2, 0.25) is 5.02 Å². The van der Waals surface area contributed by atoms with Crippen LogP contribution in [-0.2, 0) is 0 Å². The lowest BCUT2D eigenvalue weighted by Crippen LogP contribution is -2.49. The summed E-state index contributed by atoms with van der Waals surface area (Å²) in [4.78, 5) is 2.41. The van der Waals surface area contributed by atoms with E-state index in [0.717, 1.165) is 25.1 Å². The van der Waals surface area contributed by atoms with E-state index in [4.69, 9.17) is 11.6 Å². The summed E-state index contributed by atoms with van der Waals surface area (Å²) in [6, 6.07) is 6.91. The third-order valence-corrected chi connectivity index (χ3v) is 4.73. The van der Waals surface area contributed by atoms with Gasteiger partial charge in [-0.05, 0) is 50.4 Å². The number of fused-ring (bicyclic) bond motifs is 2. The van der Waals surface area contributed by atoms with E-state index >= 15 is 0 Å². The van der Waals surface area contributed by atoms with Gasteiger partial charge in [-0.2, -0.15) is 0 Å². The average Bonchev–Trinajstić information content (AvgIpc) is 2.65. The molecule has 0 radical (unpaired) electrons. The number of hydrogen-bond acceptors (Lipinski definition) is 2. The van der Waals surface area contributed by atoms with Crippen molar-refractivity contribution in [2.45, 2.75) is 50.7 Å². The van der Waals surface area contributed by atoms with Crippen LogP contribution >= 0.6 is 11.6 Å². The predicted octanol–water partition coefficient (Wildman–Crippen LogP) is 3.59. The first-order chi connectivity index (χ1) is 9.19. The molecule has 2 unspecified atom stereocenters. The maximum atomic E-state index is 13.6. The second-order valence-electron chi connectivity index (χ2n) is 5.62. The predicted molar refractivity (Wildman–Crippen MR) is 77.4 cm³/mol. The summed E-state index contributed by atoms with van der Waals surface area (Å²) in [5.41, 5.74) is 0.990. The summed E-state index contributed by atoms with van der Waals surface area (Å²) in [6.45, 7) is 3.18. The molecule has 1 aromatic rings. The van der Waals surface area contributed by atoms with Crippen LogP contribution in [0.5, 0.6) is 0 Å². The van der Waals surface area contributed by atoms with Gasteiger partial charge in [-0.15, -0.1) is 0 Å². The Morgan fingerprint density at radius 1 is 1.32 bits per heavy atom. The molecule has 2 bridgehead atoms. The molecule has 2 fully saturated rings. The zero-order valence-electron chi connectivity index (χ0n) is 11.2. The van der Waals surface area contributed by atoms with Crippen LogP contribution in [0.15, 0.2) is 18.2 Å². The van der Waals surface area contributed by atoms with Gasteiger partial charge in [0.05, 0.1) is 5.02 Å². The highest BCUT2D eigenvalue weighted by Gasteiger charge is 2.40. The van der Waals surface area contributed by atoms with Gasteiger partial charge in [0.1, 0.15) is 5.82 Å². The van der Waals surface area contributed by atoms with Crippen LogP contribution in [0, 0.1) is 5.82 Å². The Morgan fingerprint density at radius 3 is 2.58 bits per heavy atom. The molecule has 1 aromatic carbocycles. The van der Waals surface area contributed by atoms with Crippen LogP contribution in [0.4, 0.5) is 10.1 Å². The number of hydrogen-bond donors (Lipinski definition) is 1. The van der Waals surface area contributed by atoms with Gasteiger partial charge in [0.15, 0.2) is 0 Å². The smallest absolute Gasteiger partial charge is 0.143 e. The van der Waals surface area contributed by atoms with Gasteiger partial charge in [-0.25, -0.2) is 4.39 Å². The van der Waals surface area contributed by atoms with Gasteiger partial charge < -0.3 is 10.2 Å². The number of benzene rings is 1. The van der Waals surface area contributed by atoms with Crippen molar-refractivity contribution < 1.29 is 4.39 Å². The van der Waals surface area contributed by atoms with E-state index in [-0.39, 0.29) is 10.8 Å². The Bertz CT molecular complexity index is 451. The van der Waals surface area contributed by atoms with Gasteiger partial charge in [-0.1, -0.05) is 18.5 Å². The minimum atomic E-state index is -0.313. The molecule has 2 nitrogen and oxygen atoms in total. The van der Waals surface area contributed by atoms with Crippen LogP contribution < -0.4 is 10.2 Å². The maximum Gasteiger partial charge on any atom is 0.143 e. The van der Waals surface area contributed by atoms with Crippen LogP contribution in [0.3, 0.4) is 0 Å². The van der Waals surface area contributed by atoms with Crippen molar-refractivity contribution in [2.75, 3.05) is 11.4 Å². The third kappa shape index (κ3) is 2.46. The topological polar surface area (TPSA) is 15.3 Å². The summed E-state index contributed by atoms with van der Waals surface area (Å²) in [6.07, 6.45) is 4.76. The fourth-order valence-corrected chi connectivity index (χ4v) is 3.82. The van der Waals surface area contributed by atoms with Crippen LogP contribution in [-0.4, -0.2) is 24.7 Å². The minimum absolute atomic E-state index is 0.207. The second kappa shape index (κ2) is 5.29. The lowest BCUT2D eigenvalue weighted by atomic mass is 9.96. The normalized spacial score (nSPS) is 29.8. The fraction of sp³-hybridized carbons (Fsp3) is 0.600. The lowest BCUT2D eigenvalue weighted by molar-refractivity contribution is 0.361. The summed E-state index contributed by atoms with van der Waals surface area (Å²) in [5.74, 6) is -0.313. The molecule has 104 valence electrons. The quantitative estimate of drug-likeness (QED) is 0.911. The first-order valence-electron chi connectivity index (χ1n) is 7.15. The Morgan fingerprint density at radius 2 is 2.00 bits per heavy atom. The first-order valence-corrected chi connectivity index (χ1v) is 7.53. The molecule has 2 saturated heterocycles. The molecule has 0 aromatic heterocycles. The standard InChI is InChI=1S/C15H20ClFN2/c1-2-18-10-7-11-3-4-12(8-10)19(11)13-5-6-14(16)15(17)9-13/h5-6,9-12,18H,2-4,7-8H2,1H3. The molecule has 0 spiro atoms. The van der Waals surface area contributed by atoms with E-state index < -0.39 is 0 Å². The van der Waals surface area contributed by atoms with Crippen LogP contribution in [0.1, 0.15) is 32.6 Å². The van der Waals surface area contributed by atoms with Crippen molar-refractivity contribution >= 4 is 17.3 Å². The van der Waals surface area contributed by atoms with Crippen molar-refractivity contribution in [3.63, 3.8) is 0 Å². The molecule has 4 heteroatoms. The number of halogens is 2. The summed E-state index contributed by atoms with van der Waals surface area (Å²) < 4.78 is 13.6. The third-order valence-electron chi connectivity index (χ3n) is 4.43. The SMILES string of the molecule is CCNC1CC2CCC(C1)N2c1ccc(Cl)c(F)c1. The largest absolute Gasteiger partial charge is 0.365 e. The number of nitrogens with one attached hydrogen (secondary N) is 1. The van der Waals surface area contributed by atoms with Gasteiger partial charge in [0.25, 0.3) is 0 Å².